The first-order chi connectivity index (χ1) is 11.2. The predicted molar refractivity (Wildman–Crippen MR) is 96.7 cm³/mol. The van der Waals surface area contributed by atoms with Crippen LogP contribution in [0.2, 0.25) is 5.02 Å². The fraction of sp³-hybridized carbons (Fsp3) is 0.312. The maximum Gasteiger partial charge on any atom is 0.252 e. The van der Waals surface area contributed by atoms with E-state index in [4.69, 9.17) is 11.6 Å². The van der Waals surface area contributed by atoms with Gasteiger partial charge in [0, 0.05) is 29.9 Å². The minimum absolute atomic E-state index is 0.152. The van der Waals surface area contributed by atoms with E-state index in [1.54, 1.807) is 31.3 Å². The number of amides is 1. The zero-order valence-corrected chi connectivity index (χ0v) is 16.0. The number of halogens is 1. The lowest BCUT2D eigenvalue weighted by atomic mass is 10.1. The Morgan fingerprint density at radius 2 is 1.88 bits per heavy atom. The lowest BCUT2D eigenvalue weighted by molar-refractivity contribution is -0.119. The van der Waals surface area contributed by atoms with Crippen molar-refractivity contribution in [3.63, 3.8) is 0 Å². The Balaban J connectivity index is 2.19. The van der Waals surface area contributed by atoms with Crippen LogP contribution in [0.25, 0.3) is 0 Å². The van der Waals surface area contributed by atoms with Crippen LogP contribution in [0.15, 0.2) is 40.6 Å². The van der Waals surface area contributed by atoms with E-state index < -0.39 is 10.0 Å². The van der Waals surface area contributed by atoms with Crippen LogP contribution in [0, 0.1) is 0 Å². The van der Waals surface area contributed by atoms with Gasteiger partial charge in [-0.1, -0.05) is 23.7 Å². The standard InChI is InChI=1S/C16H19ClN2O3S2/c1-11(13-4-6-14(17)7-5-13)19(3)24(21,22)16-9-8-15(23-16)10-18-12(2)20/h4-9,11H,10H2,1-3H3,(H,18,20)/t11-/m1/s1. The van der Waals surface area contributed by atoms with Gasteiger partial charge >= 0.3 is 0 Å². The Morgan fingerprint density at radius 3 is 2.46 bits per heavy atom. The number of hydrogen-bond acceptors (Lipinski definition) is 4. The van der Waals surface area contributed by atoms with Crippen LogP contribution in [0.5, 0.6) is 0 Å². The maximum atomic E-state index is 12.8. The van der Waals surface area contributed by atoms with Gasteiger partial charge in [0.15, 0.2) is 0 Å². The number of carbonyl (C=O) groups excluding carboxylic acids is 1. The summed E-state index contributed by atoms with van der Waals surface area (Å²) in [4.78, 5) is 11.7. The van der Waals surface area contributed by atoms with Crippen molar-refractivity contribution in [1.82, 2.24) is 9.62 Å². The van der Waals surface area contributed by atoms with Gasteiger partial charge in [0.1, 0.15) is 4.21 Å². The monoisotopic (exact) mass is 386 g/mol. The fourth-order valence-electron chi connectivity index (χ4n) is 2.10. The van der Waals surface area contributed by atoms with Crippen LogP contribution in [-0.2, 0) is 21.4 Å². The lowest BCUT2D eigenvalue weighted by Crippen LogP contribution is -2.29. The number of hydrogen-bond donors (Lipinski definition) is 1. The van der Waals surface area contributed by atoms with Crippen molar-refractivity contribution in [2.45, 2.75) is 30.6 Å². The summed E-state index contributed by atoms with van der Waals surface area (Å²) in [6.45, 7) is 3.57. The topological polar surface area (TPSA) is 66.5 Å². The minimum atomic E-state index is -3.61. The molecule has 0 unspecified atom stereocenters. The van der Waals surface area contributed by atoms with E-state index >= 15 is 0 Å². The van der Waals surface area contributed by atoms with Gasteiger partial charge in [0.05, 0.1) is 6.54 Å². The van der Waals surface area contributed by atoms with E-state index in [9.17, 15) is 13.2 Å². The van der Waals surface area contributed by atoms with Gasteiger partial charge in [-0.15, -0.1) is 11.3 Å². The molecule has 24 heavy (non-hydrogen) atoms. The summed E-state index contributed by atoms with van der Waals surface area (Å²) in [5.74, 6) is -0.152. The summed E-state index contributed by atoms with van der Waals surface area (Å²) >= 11 is 7.04. The van der Waals surface area contributed by atoms with Crippen LogP contribution in [0.1, 0.15) is 30.3 Å². The Labute approximate surface area is 151 Å². The number of nitrogens with one attached hydrogen (secondary N) is 1. The summed E-state index contributed by atoms with van der Waals surface area (Å²) < 4.78 is 27.2. The molecule has 2 rings (SSSR count). The fourth-order valence-corrected chi connectivity index (χ4v) is 5.06. The molecule has 0 radical (unpaired) electrons. The Bertz CT molecular complexity index is 816. The molecule has 0 aliphatic heterocycles. The van der Waals surface area contributed by atoms with Crippen molar-refractivity contribution >= 4 is 38.9 Å². The van der Waals surface area contributed by atoms with E-state index in [1.165, 1.54) is 11.2 Å². The zero-order valence-electron chi connectivity index (χ0n) is 13.6. The summed E-state index contributed by atoms with van der Waals surface area (Å²) in [5.41, 5.74) is 0.862. The first-order valence-electron chi connectivity index (χ1n) is 7.28. The predicted octanol–water partition coefficient (Wildman–Crippen LogP) is 3.42. The van der Waals surface area contributed by atoms with Crippen LogP contribution >= 0.6 is 22.9 Å². The first kappa shape index (κ1) is 18.9. The van der Waals surface area contributed by atoms with Gasteiger partial charge in [-0.2, -0.15) is 4.31 Å². The van der Waals surface area contributed by atoms with Gasteiger partial charge in [-0.05, 0) is 36.8 Å². The molecule has 1 heterocycles. The molecule has 1 amide bonds. The van der Waals surface area contributed by atoms with Crippen LogP contribution in [0.3, 0.4) is 0 Å². The second-order valence-electron chi connectivity index (χ2n) is 5.38. The molecular formula is C16H19ClN2O3S2. The van der Waals surface area contributed by atoms with Crippen LogP contribution in [-0.4, -0.2) is 25.7 Å². The summed E-state index contributed by atoms with van der Waals surface area (Å²) in [7, 11) is -2.05. The van der Waals surface area contributed by atoms with Gasteiger partial charge < -0.3 is 5.32 Å². The number of sulfonamides is 1. The molecule has 130 valence electrons. The highest BCUT2D eigenvalue weighted by Crippen LogP contribution is 2.30. The third-order valence-electron chi connectivity index (χ3n) is 3.68. The molecule has 1 aromatic carbocycles. The molecule has 0 bridgehead atoms. The molecule has 0 saturated carbocycles. The molecule has 1 N–H and O–H groups in total. The van der Waals surface area contributed by atoms with Crippen LogP contribution < -0.4 is 5.32 Å². The normalized spacial score (nSPS) is 13.0. The summed E-state index contributed by atoms with van der Waals surface area (Å²) in [5, 5.41) is 3.27. The van der Waals surface area contributed by atoms with E-state index in [-0.39, 0.29) is 16.2 Å². The SMILES string of the molecule is CC(=O)NCc1ccc(S(=O)(=O)N(C)[C@H](C)c2ccc(Cl)cc2)s1. The van der Waals surface area contributed by atoms with Crippen molar-refractivity contribution in [2.75, 3.05) is 7.05 Å². The average molecular weight is 387 g/mol. The molecule has 0 fully saturated rings. The van der Waals surface area contributed by atoms with Crippen molar-refractivity contribution < 1.29 is 13.2 Å². The minimum Gasteiger partial charge on any atom is -0.351 e. The summed E-state index contributed by atoms with van der Waals surface area (Å²) in [6.07, 6.45) is 0. The van der Waals surface area contributed by atoms with Gasteiger partial charge in [-0.3, -0.25) is 4.79 Å². The Morgan fingerprint density at radius 1 is 1.25 bits per heavy atom. The van der Waals surface area contributed by atoms with Gasteiger partial charge in [-0.25, -0.2) is 8.42 Å². The molecule has 0 aliphatic rings. The first-order valence-corrected chi connectivity index (χ1v) is 9.92. The second-order valence-corrected chi connectivity index (χ2v) is 9.21. The highest BCUT2D eigenvalue weighted by molar-refractivity contribution is 7.91. The van der Waals surface area contributed by atoms with E-state index in [1.807, 2.05) is 19.1 Å². The zero-order chi connectivity index (χ0) is 17.9. The van der Waals surface area contributed by atoms with Crippen molar-refractivity contribution in [3.8, 4) is 0 Å². The number of rotatable bonds is 6. The number of carbonyl (C=O) groups is 1. The molecule has 0 aliphatic carbocycles. The highest BCUT2D eigenvalue weighted by atomic mass is 35.5. The second kappa shape index (κ2) is 7.65. The van der Waals surface area contributed by atoms with Gasteiger partial charge in [0.25, 0.3) is 10.0 Å². The molecular weight excluding hydrogens is 368 g/mol. The molecule has 2 aromatic rings. The van der Waals surface area contributed by atoms with Crippen LogP contribution in [0.4, 0.5) is 0 Å². The maximum absolute atomic E-state index is 12.8. The van der Waals surface area contributed by atoms with Crippen molar-refractivity contribution in [3.05, 3.63) is 51.9 Å². The van der Waals surface area contributed by atoms with E-state index in [0.717, 1.165) is 21.8 Å². The smallest absolute Gasteiger partial charge is 0.252 e. The molecule has 1 aromatic heterocycles. The largest absolute Gasteiger partial charge is 0.351 e. The lowest BCUT2D eigenvalue weighted by Gasteiger charge is -2.24. The molecule has 5 nitrogen and oxygen atoms in total. The number of thiophene rings is 1. The molecule has 8 heteroatoms. The number of nitrogens with zero attached hydrogens (tertiary/aromatic N) is 1. The Hall–Kier alpha value is -1.41. The van der Waals surface area contributed by atoms with Crippen molar-refractivity contribution in [1.29, 1.82) is 0 Å². The van der Waals surface area contributed by atoms with Gasteiger partial charge in [0.2, 0.25) is 5.91 Å². The third kappa shape index (κ3) is 4.36. The summed E-state index contributed by atoms with van der Waals surface area (Å²) in [6, 6.07) is 10.1. The molecule has 1 atom stereocenters. The molecule has 0 spiro atoms. The number of benzene rings is 1. The van der Waals surface area contributed by atoms with E-state index in [2.05, 4.69) is 5.32 Å². The Kier molecular flexibility index (Phi) is 6.03. The highest BCUT2D eigenvalue weighted by Gasteiger charge is 2.27. The van der Waals surface area contributed by atoms with Crippen molar-refractivity contribution in [2.24, 2.45) is 0 Å². The quantitative estimate of drug-likeness (QED) is 0.827. The third-order valence-corrected chi connectivity index (χ3v) is 7.41. The van der Waals surface area contributed by atoms with E-state index in [0.29, 0.717) is 11.6 Å². The molecule has 0 saturated heterocycles. The average Bonchev–Trinajstić information content (AvgIpc) is 3.02.